The number of amides is 1. The van der Waals surface area contributed by atoms with Gasteiger partial charge in [0.15, 0.2) is 0 Å². The maximum Gasteiger partial charge on any atom is 0.244 e. The standard InChI is InChI=1S/C9H19NO5S/c1-4-9(5-11,6-12)8(13)10-16(14,15)7(2)3/h7,11-12H,4-6H2,1-3H3,(H,10,13). The van der Waals surface area contributed by atoms with Crippen molar-refractivity contribution in [3.63, 3.8) is 0 Å². The van der Waals surface area contributed by atoms with Crippen molar-refractivity contribution in [1.29, 1.82) is 0 Å². The smallest absolute Gasteiger partial charge is 0.244 e. The van der Waals surface area contributed by atoms with Crippen LogP contribution in [0.4, 0.5) is 0 Å². The van der Waals surface area contributed by atoms with Crippen LogP contribution in [-0.4, -0.2) is 43.0 Å². The Hall–Kier alpha value is -0.660. The van der Waals surface area contributed by atoms with Gasteiger partial charge in [-0.1, -0.05) is 6.92 Å². The topological polar surface area (TPSA) is 104 Å². The van der Waals surface area contributed by atoms with Crippen molar-refractivity contribution in [2.75, 3.05) is 13.2 Å². The molecule has 0 aliphatic heterocycles. The Morgan fingerprint density at radius 2 is 1.75 bits per heavy atom. The van der Waals surface area contributed by atoms with Crippen LogP contribution < -0.4 is 4.72 Å². The molecule has 0 aromatic carbocycles. The van der Waals surface area contributed by atoms with E-state index < -0.39 is 39.8 Å². The molecule has 0 aliphatic rings. The minimum Gasteiger partial charge on any atom is -0.395 e. The molecule has 0 unspecified atom stereocenters. The Balaban J connectivity index is 4.95. The molecule has 16 heavy (non-hydrogen) atoms. The molecule has 0 atom stereocenters. The van der Waals surface area contributed by atoms with Gasteiger partial charge >= 0.3 is 0 Å². The van der Waals surface area contributed by atoms with Crippen LogP contribution in [0.15, 0.2) is 0 Å². The quantitative estimate of drug-likeness (QED) is 0.576. The van der Waals surface area contributed by atoms with Crippen molar-refractivity contribution in [1.82, 2.24) is 4.72 Å². The van der Waals surface area contributed by atoms with E-state index in [9.17, 15) is 13.2 Å². The fourth-order valence-electron chi connectivity index (χ4n) is 0.933. The summed E-state index contributed by atoms with van der Waals surface area (Å²) in [5, 5.41) is 17.4. The highest BCUT2D eigenvalue weighted by Gasteiger charge is 2.38. The van der Waals surface area contributed by atoms with Gasteiger partial charge in [0.25, 0.3) is 0 Å². The van der Waals surface area contributed by atoms with Gasteiger partial charge in [0.1, 0.15) is 0 Å². The van der Waals surface area contributed by atoms with Gasteiger partial charge in [0, 0.05) is 0 Å². The lowest BCUT2D eigenvalue weighted by Gasteiger charge is -2.27. The second kappa shape index (κ2) is 5.60. The normalized spacial score (nSPS) is 12.9. The van der Waals surface area contributed by atoms with E-state index in [0.29, 0.717) is 0 Å². The maximum atomic E-state index is 11.7. The molecule has 0 rings (SSSR count). The predicted molar refractivity (Wildman–Crippen MR) is 59.1 cm³/mol. The number of hydrogen-bond acceptors (Lipinski definition) is 5. The summed E-state index contributed by atoms with van der Waals surface area (Å²) in [6.45, 7) is 3.26. The van der Waals surface area contributed by atoms with Gasteiger partial charge in [-0.2, -0.15) is 0 Å². The monoisotopic (exact) mass is 253 g/mol. The summed E-state index contributed by atoms with van der Waals surface area (Å²) in [4.78, 5) is 11.7. The summed E-state index contributed by atoms with van der Waals surface area (Å²) in [6.07, 6.45) is 0.152. The van der Waals surface area contributed by atoms with Crippen LogP contribution in [0, 0.1) is 5.41 Å². The first-order valence-corrected chi connectivity index (χ1v) is 6.58. The molecule has 1 amide bonds. The molecule has 7 heteroatoms. The van der Waals surface area contributed by atoms with Crippen LogP contribution in [0.25, 0.3) is 0 Å². The lowest BCUT2D eigenvalue weighted by atomic mass is 9.86. The average Bonchev–Trinajstić information content (AvgIpc) is 2.20. The van der Waals surface area contributed by atoms with E-state index in [2.05, 4.69) is 0 Å². The Kier molecular flexibility index (Phi) is 5.37. The van der Waals surface area contributed by atoms with Crippen LogP contribution >= 0.6 is 0 Å². The zero-order chi connectivity index (χ0) is 13.0. The fraction of sp³-hybridized carbons (Fsp3) is 0.889. The zero-order valence-electron chi connectivity index (χ0n) is 9.73. The Bertz CT molecular complexity index is 324. The zero-order valence-corrected chi connectivity index (χ0v) is 10.5. The lowest BCUT2D eigenvalue weighted by Crippen LogP contribution is -2.49. The second-order valence-corrected chi connectivity index (χ2v) is 6.21. The van der Waals surface area contributed by atoms with Gasteiger partial charge in [0.2, 0.25) is 15.9 Å². The Morgan fingerprint density at radius 3 is 2.00 bits per heavy atom. The highest BCUT2D eigenvalue weighted by molar-refractivity contribution is 7.90. The molecular formula is C9H19NO5S. The highest BCUT2D eigenvalue weighted by Crippen LogP contribution is 2.21. The van der Waals surface area contributed by atoms with E-state index in [-0.39, 0.29) is 6.42 Å². The third kappa shape index (κ3) is 3.16. The molecule has 0 saturated heterocycles. The molecule has 96 valence electrons. The van der Waals surface area contributed by atoms with Gasteiger partial charge in [-0.05, 0) is 20.3 Å². The first kappa shape index (κ1) is 15.3. The minimum absolute atomic E-state index is 0.152. The molecule has 0 heterocycles. The Labute approximate surface area is 95.7 Å². The molecule has 6 nitrogen and oxygen atoms in total. The molecule has 0 aromatic rings. The van der Waals surface area contributed by atoms with E-state index >= 15 is 0 Å². The summed E-state index contributed by atoms with van der Waals surface area (Å²) in [5.41, 5.74) is -1.44. The first-order chi connectivity index (χ1) is 7.25. The molecule has 0 bridgehead atoms. The summed E-state index contributed by atoms with van der Waals surface area (Å²) < 4.78 is 24.7. The summed E-state index contributed by atoms with van der Waals surface area (Å²) in [5.74, 6) is -0.867. The number of aliphatic hydroxyl groups excluding tert-OH is 2. The highest BCUT2D eigenvalue weighted by atomic mass is 32.2. The first-order valence-electron chi connectivity index (χ1n) is 5.03. The van der Waals surface area contributed by atoms with Gasteiger partial charge in [-0.25, -0.2) is 8.42 Å². The average molecular weight is 253 g/mol. The van der Waals surface area contributed by atoms with Crippen LogP contribution in [0.1, 0.15) is 27.2 Å². The van der Waals surface area contributed by atoms with Gasteiger partial charge in [-0.15, -0.1) is 0 Å². The molecular weight excluding hydrogens is 234 g/mol. The summed E-state index contributed by atoms with van der Waals surface area (Å²) in [6, 6.07) is 0. The van der Waals surface area contributed by atoms with Crippen molar-refractivity contribution < 1.29 is 23.4 Å². The molecule has 0 aromatic heterocycles. The van der Waals surface area contributed by atoms with E-state index in [4.69, 9.17) is 10.2 Å². The number of sulfonamides is 1. The fourth-order valence-corrected chi connectivity index (χ4v) is 1.64. The van der Waals surface area contributed by atoms with E-state index in [1.54, 1.807) is 6.92 Å². The molecule has 0 saturated carbocycles. The lowest BCUT2D eigenvalue weighted by molar-refractivity contribution is -0.134. The van der Waals surface area contributed by atoms with Crippen LogP contribution in [0.5, 0.6) is 0 Å². The van der Waals surface area contributed by atoms with Crippen molar-refractivity contribution >= 4 is 15.9 Å². The third-order valence-electron chi connectivity index (χ3n) is 2.62. The van der Waals surface area contributed by atoms with E-state index in [1.807, 2.05) is 4.72 Å². The number of carbonyl (C=O) groups is 1. The van der Waals surface area contributed by atoms with Crippen molar-refractivity contribution in [3.05, 3.63) is 0 Å². The summed E-state index contributed by atoms with van der Waals surface area (Å²) >= 11 is 0. The largest absolute Gasteiger partial charge is 0.395 e. The van der Waals surface area contributed by atoms with Gasteiger partial charge in [-0.3, -0.25) is 9.52 Å². The van der Waals surface area contributed by atoms with Gasteiger partial charge < -0.3 is 10.2 Å². The van der Waals surface area contributed by atoms with Gasteiger partial charge in [0.05, 0.1) is 23.9 Å². The number of aliphatic hydroxyl groups is 2. The van der Waals surface area contributed by atoms with Crippen LogP contribution in [0.3, 0.4) is 0 Å². The number of nitrogens with one attached hydrogen (secondary N) is 1. The maximum absolute atomic E-state index is 11.7. The van der Waals surface area contributed by atoms with Crippen molar-refractivity contribution in [2.45, 2.75) is 32.4 Å². The Morgan fingerprint density at radius 1 is 1.31 bits per heavy atom. The number of carbonyl (C=O) groups excluding carboxylic acids is 1. The van der Waals surface area contributed by atoms with Crippen molar-refractivity contribution in [2.24, 2.45) is 5.41 Å². The third-order valence-corrected chi connectivity index (χ3v) is 4.33. The molecule has 0 aliphatic carbocycles. The number of hydrogen-bond donors (Lipinski definition) is 3. The van der Waals surface area contributed by atoms with E-state index in [0.717, 1.165) is 0 Å². The van der Waals surface area contributed by atoms with E-state index in [1.165, 1.54) is 13.8 Å². The minimum atomic E-state index is -3.73. The molecule has 0 spiro atoms. The van der Waals surface area contributed by atoms with Crippen molar-refractivity contribution in [3.8, 4) is 0 Å². The molecule has 0 radical (unpaired) electrons. The number of rotatable bonds is 6. The van der Waals surface area contributed by atoms with Crippen LogP contribution in [0.2, 0.25) is 0 Å². The SMILES string of the molecule is CCC(CO)(CO)C(=O)NS(=O)(=O)C(C)C. The second-order valence-electron chi connectivity index (χ2n) is 3.98. The molecule has 3 N–H and O–H groups in total. The van der Waals surface area contributed by atoms with Crippen LogP contribution in [-0.2, 0) is 14.8 Å². The molecule has 0 fully saturated rings. The summed E-state index contributed by atoms with van der Waals surface area (Å²) in [7, 11) is -3.73. The predicted octanol–water partition coefficient (Wildman–Crippen LogP) is -0.778.